The number of rotatable bonds is 45. The van der Waals surface area contributed by atoms with E-state index in [1.807, 2.05) is 21.1 Å². The first kappa shape index (κ1) is 54.9. The maximum atomic E-state index is 13.2. The van der Waals surface area contributed by atoms with Crippen LogP contribution < -0.4 is 0 Å². The Labute approximate surface area is 352 Å². The largest absolute Gasteiger partial charge is 0.462 e. The molecule has 1 atom stereocenters. The highest BCUT2D eigenvalue weighted by atomic mass is 16.5. The van der Waals surface area contributed by atoms with Crippen molar-refractivity contribution >= 4 is 11.9 Å². The van der Waals surface area contributed by atoms with Crippen LogP contribution in [0.15, 0.2) is 0 Å². The first-order chi connectivity index (χ1) is 27.3. The van der Waals surface area contributed by atoms with Crippen LogP contribution in [0.4, 0.5) is 0 Å². The molecule has 334 valence electrons. The lowest BCUT2D eigenvalue weighted by atomic mass is 10.0. The van der Waals surface area contributed by atoms with Crippen LogP contribution in [-0.4, -0.2) is 56.3 Å². The van der Waals surface area contributed by atoms with E-state index in [1.165, 1.54) is 205 Å². The van der Waals surface area contributed by atoms with Gasteiger partial charge in [-0.05, 0) is 32.1 Å². The number of carbonyl (C=O) groups excluding carboxylic acids is 2. The number of hydrogen-bond acceptors (Lipinski definition) is 4. The van der Waals surface area contributed by atoms with Crippen LogP contribution >= 0.6 is 0 Å². The average molecular weight is 793 g/mol. The Kier molecular flexibility index (Phi) is 41.2. The highest BCUT2D eigenvalue weighted by Crippen LogP contribution is 2.21. The van der Waals surface area contributed by atoms with Crippen molar-refractivity contribution in [2.75, 3.05) is 27.7 Å². The number of carbonyl (C=O) groups is 2. The van der Waals surface area contributed by atoms with E-state index in [0.29, 0.717) is 17.5 Å². The lowest BCUT2D eigenvalue weighted by Gasteiger charge is -2.32. The molecule has 0 aliphatic rings. The standard InChI is InChI=1S/C51H102NO4/c1-7-10-13-16-19-22-25-28-31-34-37-40-43-48(44-41-38-35-32-29-26-23-20-17-14-11-8-2)56-50(53)46-45-49(52(4,5)6)51(54)55-47-42-39-36-33-30-27-24-21-18-15-12-9-3/h48-49H,7-47H2,1-6H3/q+1/t49-/m0/s1. The van der Waals surface area contributed by atoms with Crippen molar-refractivity contribution in [1.82, 2.24) is 0 Å². The van der Waals surface area contributed by atoms with Gasteiger partial charge >= 0.3 is 11.9 Å². The molecule has 0 saturated carbocycles. The molecule has 0 aromatic carbocycles. The lowest BCUT2D eigenvalue weighted by molar-refractivity contribution is -0.887. The van der Waals surface area contributed by atoms with E-state index in [-0.39, 0.29) is 30.5 Å². The van der Waals surface area contributed by atoms with Crippen LogP contribution in [0, 0.1) is 0 Å². The minimum absolute atomic E-state index is 0.00839. The molecule has 0 unspecified atom stereocenters. The van der Waals surface area contributed by atoms with Gasteiger partial charge in [-0.1, -0.05) is 233 Å². The molecule has 0 aliphatic carbocycles. The molecule has 5 heteroatoms. The molecular weight excluding hydrogens is 691 g/mol. The predicted molar refractivity (Wildman–Crippen MR) is 244 cm³/mol. The Morgan fingerprint density at radius 1 is 0.393 bits per heavy atom. The Morgan fingerprint density at radius 2 is 0.679 bits per heavy atom. The van der Waals surface area contributed by atoms with Gasteiger partial charge in [0.05, 0.1) is 34.2 Å². The fraction of sp³-hybridized carbons (Fsp3) is 0.961. The molecule has 0 saturated heterocycles. The van der Waals surface area contributed by atoms with Gasteiger partial charge in [0.15, 0.2) is 6.04 Å². The van der Waals surface area contributed by atoms with E-state index < -0.39 is 0 Å². The van der Waals surface area contributed by atoms with E-state index >= 15 is 0 Å². The van der Waals surface area contributed by atoms with E-state index in [0.717, 1.165) is 38.5 Å². The van der Waals surface area contributed by atoms with Gasteiger partial charge in [0.2, 0.25) is 0 Å². The van der Waals surface area contributed by atoms with Gasteiger partial charge in [-0.2, -0.15) is 0 Å². The predicted octanol–water partition coefficient (Wildman–Crippen LogP) is 16.2. The summed E-state index contributed by atoms with van der Waals surface area (Å²) < 4.78 is 12.4. The smallest absolute Gasteiger partial charge is 0.364 e. The molecule has 5 nitrogen and oxygen atoms in total. The summed E-state index contributed by atoms with van der Waals surface area (Å²) in [5.41, 5.74) is 0. The van der Waals surface area contributed by atoms with Crippen LogP contribution in [-0.2, 0) is 19.1 Å². The third-order valence-electron chi connectivity index (χ3n) is 12.1. The fourth-order valence-corrected chi connectivity index (χ4v) is 8.22. The number of unbranched alkanes of at least 4 members (excludes halogenated alkanes) is 33. The van der Waals surface area contributed by atoms with E-state index in [1.54, 1.807) is 0 Å². The Bertz CT molecular complexity index is 795. The summed E-state index contributed by atoms with van der Waals surface area (Å²) >= 11 is 0. The molecular formula is C51H102NO4+. The molecule has 0 aromatic heterocycles. The molecule has 0 rings (SSSR count). The normalized spacial score (nSPS) is 12.4. The maximum absolute atomic E-state index is 13.2. The molecule has 0 heterocycles. The second kappa shape index (κ2) is 42.0. The van der Waals surface area contributed by atoms with E-state index in [2.05, 4.69) is 20.8 Å². The molecule has 0 aromatic rings. The van der Waals surface area contributed by atoms with Crippen molar-refractivity contribution in [2.24, 2.45) is 0 Å². The minimum atomic E-state index is -0.356. The highest BCUT2D eigenvalue weighted by Gasteiger charge is 2.34. The minimum Gasteiger partial charge on any atom is -0.462 e. The van der Waals surface area contributed by atoms with Crippen LogP contribution in [0.3, 0.4) is 0 Å². The van der Waals surface area contributed by atoms with Crippen molar-refractivity contribution in [2.45, 2.75) is 290 Å². The molecule has 0 fully saturated rings. The van der Waals surface area contributed by atoms with Crippen molar-refractivity contribution in [1.29, 1.82) is 0 Å². The van der Waals surface area contributed by atoms with Gasteiger partial charge in [0.25, 0.3) is 0 Å². The van der Waals surface area contributed by atoms with Gasteiger partial charge in [-0.3, -0.25) is 4.79 Å². The molecule has 0 amide bonds. The van der Waals surface area contributed by atoms with Crippen LogP contribution in [0.5, 0.6) is 0 Å². The van der Waals surface area contributed by atoms with Crippen molar-refractivity contribution < 1.29 is 23.5 Å². The average Bonchev–Trinajstić information content (AvgIpc) is 3.16. The molecule has 0 aliphatic heterocycles. The first-order valence-electron chi connectivity index (χ1n) is 25.4. The highest BCUT2D eigenvalue weighted by molar-refractivity contribution is 5.76. The Morgan fingerprint density at radius 3 is 0.982 bits per heavy atom. The summed E-state index contributed by atoms with van der Waals surface area (Å²) in [5.74, 6) is -0.307. The Hall–Kier alpha value is -1.10. The summed E-state index contributed by atoms with van der Waals surface area (Å²) in [7, 11) is 6.10. The summed E-state index contributed by atoms with van der Waals surface area (Å²) in [6, 6.07) is -0.356. The number of esters is 2. The molecule has 0 bridgehead atoms. The maximum Gasteiger partial charge on any atom is 0.364 e. The van der Waals surface area contributed by atoms with Gasteiger partial charge in [0.1, 0.15) is 6.10 Å². The monoisotopic (exact) mass is 793 g/mol. The molecule has 0 radical (unpaired) electrons. The van der Waals surface area contributed by atoms with Crippen LogP contribution in [0.1, 0.15) is 278 Å². The Balaban J connectivity index is 4.57. The number of hydrogen-bond donors (Lipinski definition) is 0. The molecule has 56 heavy (non-hydrogen) atoms. The van der Waals surface area contributed by atoms with Crippen molar-refractivity contribution in [3.8, 4) is 0 Å². The van der Waals surface area contributed by atoms with E-state index in [9.17, 15) is 9.59 Å². The summed E-state index contributed by atoms with van der Waals surface area (Å²) in [4.78, 5) is 26.5. The second-order valence-corrected chi connectivity index (χ2v) is 18.7. The molecule has 0 spiro atoms. The zero-order chi connectivity index (χ0) is 41.2. The van der Waals surface area contributed by atoms with Gasteiger partial charge in [0, 0.05) is 6.42 Å². The second-order valence-electron chi connectivity index (χ2n) is 18.7. The number of ether oxygens (including phenoxy) is 2. The van der Waals surface area contributed by atoms with Crippen molar-refractivity contribution in [3.05, 3.63) is 0 Å². The topological polar surface area (TPSA) is 52.6 Å². The summed E-state index contributed by atoms with van der Waals surface area (Å²) in [6.07, 6.45) is 50.3. The summed E-state index contributed by atoms with van der Waals surface area (Å²) in [6.45, 7) is 7.33. The fourth-order valence-electron chi connectivity index (χ4n) is 8.22. The van der Waals surface area contributed by atoms with Gasteiger partial charge in [-0.15, -0.1) is 0 Å². The zero-order valence-corrected chi connectivity index (χ0v) is 39.2. The van der Waals surface area contributed by atoms with Gasteiger partial charge < -0.3 is 14.0 Å². The zero-order valence-electron chi connectivity index (χ0n) is 39.2. The SMILES string of the molecule is CCCCCCCCCCCCCCOC(=O)[C@H](CCC(=O)OC(CCCCCCCCCCCCCC)CCCCCCCCCCCCCC)[N+](C)(C)C. The lowest BCUT2D eigenvalue weighted by Crippen LogP contribution is -2.50. The quantitative estimate of drug-likeness (QED) is 0.0350. The number of nitrogens with zero attached hydrogens (tertiary/aromatic N) is 1. The van der Waals surface area contributed by atoms with E-state index in [4.69, 9.17) is 9.47 Å². The molecule has 0 N–H and O–H groups in total. The van der Waals surface area contributed by atoms with Crippen LogP contribution in [0.25, 0.3) is 0 Å². The van der Waals surface area contributed by atoms with Gasteiger partial charge in [-0.25, -0.2) is 4.79 Å². The first-order valence-corrected chi connectivity index (χ1v) is 25.4. The third kappa shape index (κ3) is 38.4. The number of quaternary nitrogens is 1. The third-order valence-corrected chi connectivity index (χ3v) is 12.1. The van der Waals surface area contributed by atoms with Crippen molar-refractivity contribution in [3.63, 3.8) is 0 Å². The van der Waals surface area contributed by atoms with Crippen LogP contribution in [0.2, 0.25) is 0 Å². The summed E-state index contributed by atoms with van der Waals surface area (Å²) in [5, 5.41) is 0. The number of likely N-dealkylation sites (N-methyl/N-ethyl adjacent to an activating group) is 1.